The van der Waals surface area contributed by atoms with Crippen molar-refractivity contribution in [1.82, 2.24) is 5.32 Å². The molecule has 0 spiro atoms. The molecular formula is C11H9BrF2N2O2. The van der Waals surface area contributed by atoms with Gasteiger partial charge in [0.1, 0.15) is 24.2 Å². The van der Waals surface area contributed by atoms with Gasteiger partial charge in [-0.15, -0.1) is 0 Å². The maximum absolute atomic E-state index is 13.7. The summed E-state index contributed by atoms with van der Waals surface area (Å²) in [6.07, 6.45) is 0. The molecule has 1 saturated heterocycles. The van der Waals surface area contributed by atoms with Gasteiger partial charge in [0.05, 0.1) is 10.2 Å². The van der Waals surface area contributed by atoms with Crippen LogP contribution in [0.2, 0.25) is 0 Å². The van der Waals surface area contributed by atoms with Crippen LogP contribution in [0.15, 0.2) is 16.6 Å². The minimum atomic E-state index is -0.765. The number of nitrogens with one attached hydrogen (secondary N) is 1. The minimum absolute atomic E-state index is 0.0364. The van der Waals surface area contributed by atoms with Crippen LogP contribution in [-0.2, 0) is 9.59 Å². The van der Waals surface area contributed by atoms with Crippen molar-refractivity contribution in [2.24, 2.45) is 0 Å². The second-order valence-corrected chi connectivity index (χ2v) is 4.79. The van der Waals surface area contributed by atoms with E-state index in [1.807, 2.05) is 0 Å². The highest BCUT2D eigenvalue weighted by Crippen LogP contribution is 2.27. The van der Waals surface area contributed by atoms with E-state index in [9.17, 15) is 18.4 Å². The molecule has 1 fully saturated rings. The number of anilines is 1. The van der Waals surface area contributed by atoms with Crippen molar-refractivity contribution in [2.45, 2.75) is 13.0 Å². The van der Waals surface area contributed by atoms with Gasteiger partial charge < -0.3 is 5.32 Å². The number of hydrogen-bond donors (Lipinski definition) is 1. The lowest BCUT2D eigenvalue weighted by Crippen LogP contribution is -2.57. The number of nitrogens with zero attached hydrogens (tertiary/aromatic N) is 1. The Balaban J connectivity index is 2.44. The monoisotopic (exact) mass is 318 g/mol. The molecule has 4 nitrogen and oxygen atoms in total. The zero-order valence-corrected chi connectivity index (χ0v) is 10.9. The lowest BCUT2D eigenvalue weighted by Gasteiger charge is -2.31. The highest BCUT2D eigenvalue weighted by molar-refractivity contribution is 9.10. The average molecular weight is 319 g/mol. The normalized spacial score (nSPS) is 20.0. The van der Waals surface area contributed by atoms with Crippen molar-refractivity contribution in [3.8, 4) is 0 Å². The molecule has 2 amide bonds. The molecule has 1 atom stereocenters. The Labute approximate surface area is 110 Å². The summed E-state index contributed by atoms with van der Waals surface area (Å²) in [6, 6.07) is 1.06. The van der Waals surface area contributed by atoms with E-state index >= 15 is 0 Å². The molecular weight excluding hydrogens is 310 g/mol. The topological polar surface area (TPSA) is 49.4 Å². The second-order valence-electron chi connectivity index (χ2n) is 3.93. The molecule has 7 heteroatoms. The molecule has 2 rings (SSSR count). The lowest BCUT2D eigenvalue weighted by atomic mass is 10.1. The van der Waals surface area contributed by atoms with Crippen molar-refractivity contribution < 1.29 is 18.4 Å². The Morgan fingerprint density at radius 1 is 1.33 bits per heavy atom. The summed E-state index contributed by atoms with van der Waals surface area (Å²) in [7, 11) is 0. The molecule has 1 aromatic rings. The number of hydrogen-bond acceptors (Lipinski definition) is 2. The Bertz CT molecular complexity index is 536. The number of halogens is 3. The summed E-state index contributed by atoms with van der Waals surface area (Å²) in [5.74, 6) is -2.35. The van der Waals surface area contributed by atoms with Crippen LogP contribution >= 0.6 is 15.9 Å². The fourth-order valence-electron chi connectivity index (χ4n) is 1.73. The third-order valence-electron chi connectivity index (χ3n) is 2.60. The number of carbonyl (C=O) groups excluding carboxylic acids is 2. The molecule has 0 aromatic heterocycles. The van der Waals surface area contributed by atoms with Crippen molar-refractivity contribution >= 4 is 33.4 Å². The number of rotatable bonds is 1. The molecule has 1 heterocycles. The first-order chi connectivity index (χ1) is 8.40. The van der Waals surface area contributed by atoms with E-state index in [4.69, 9.17) is 0 Å². The van der Waals surface area contributed by atoms with Gasteiger partial charge in [-0.25, -0.2) is 8.78 Å². The van der Waals surface area contributed by atoms with Gasteiger partial charge in [-0.1, -0.05) is 0 Å². The number of carbonyl (C=O) groups is 2. The smallest absolute Gasteiger partial charge is 0.249 e. The second kappa shape index (κ2) is 4.64. The summed E-state index contributed by atoms with van der Waals surface area (Å²) >= 11 is 2.85. The molecule has 96 valence electrons. The zero-order chi connectivity index (χ0) is 13.4. The maximum Gasteiger partial charge on any atom is 0.249 e. The molecule has 0 saturated carbocycles. The quantitative estimate of drug-likeness (QED) is 0.799. The van der Waals surface area contributed by atoms with E-state index in [-0.39, 0.29) is 16.7 Å². The Kier molecular flexibility index (Phi) is 3.34. The van der Waals surface area contributed by atoms with Crippen molar-refractivity contribution in [3.63, 3.8) is 0 Å². The minimum Gasteiger partial charge on any atom is -0.343 e. The van der Waals surface area contributed by atoms with Gasteiger partial charge in [0, 0.05) is 6.07 Å². The van der Waals surface area contributed by atoms with Gasteiger partial charge in [-0.05, 0) is 28.9 Å². The van der Waals surface area contributed by atoms with E-state index < -0.39 is 29.5 Å². The van der Waals surface area contributed by atoms with Gasteiger partial charge in [0.25, 0.3) is 0 Å². The van der Waals surface area contributed by atoms with Gasteiger partial charge >= 0.3 is 0 Å². The summed E-state index contributed by atoms with van der Waals surface area (Å²) in [5, 5.41) is 2.42. The number of piperazine rings is 1. The molecule has 1 unspecified atom stereocenters. The molecule has 18 heavy (non-hydrogen) atoms. The van der Waals surface area contributed by atoms with Crippen molar-refractivity contribution in [1.29, 1.82) is 0 Å². The van der Waals surface area contributed by atoms with Gasteiger partial charge in [0.15, 0.2) is 0 Å². The third-order valence-corrected chi connectivity index (χ3v) is 3.20. The fourth-order valence-corrected chi connectivity index (χ4v) is 2.04. The molecule has 0 aliphatic carbocycles. The predicted molar refractivity (Wildman–Crippen MR) is 64.0 cm³/mol. The summed E-state index contributed by atoms with van der Waals surface area (Å²) < 4.78 is 27.1. The largest absolute Gasteiger partial charge is 0.343 e. The Hall–Kier alpha value is -1.50. The van der Waals surface area contributed by atoms with E-state index in [1.54, 1.807) is 0 Å². The van der Waals surface area contributed by atoms with Crippen LogP contribution in [0.25, 0.3) is 0 Å². The number of amides is 2. The van der Waals surface area contributed by atoms with Crippen molar-refractivity contribution in [3.05, 3.63) is 28.2 Å². The van der Waals surface area contributed by atoms with Crippen LogP contribution in [-0.4, -0.2) is 24.4 Å². The molecule has 1 aromatic carbocycles. The first-order valence-corrected chi connectivity index (χ1v) is 5.94. The summed E-state index contributed by atoms with van der Waals surface area (Å²) in [6.45, 7) is 1.17. The van der Waals surface area contributed by atoms with Crippen LogP contribution in [0.5, 0.6) is 0 Å². The van der Waals surface area contributed by atoms with Crippen LogP contribution < -0.4 is 10.2 Å². The van der Waals surface area contributed by atoms with E-state index in [0.717, 1.165) is 17.0 Å². The highest BCUT2D eigenvalue weighted by atomic mass is 79.9. The SMILES string of the molecule is CC1NC(=O)CN(c2cc(F)c(Br)cc2F)C1=O. The van der Waals surface area contributed by atoms with E-state index in [0.29, 0.717) is 0 Å². The van der Waals surface area contributed by atoms with Crippen LogP contribution in [0.3, 0.4) is 0 Å². The summed E-state index contributed by atoms with van der Waals surface area (Å²) in [5.41, 5.74) is -0.234. The van der Waals surface area contributed by atoms with Gasteiger partial charge in [0.2, 0.25) is 11.8 Å². The standard InChI is InChI=1S/C11H9BrF2N2O2/c1-5-11(18)16(4-10(17)15-5)9-3-7(13)6(12)2-8(9)14/h2-3,5H,4H2,1H3,(H,15,17). The van der Waals surface area contributed by atoms with E-state index in [1.165, 1.54) is 6.92 Å². The lowest BCUT2D eigenvalue weighted by molar-refractivity contribution is -0.130. The van der Waals surface area contributed by atoms with Crippen molar-refractivity contribution in [2.75, 3.05) is 11.4 Å². The molecule has 1 N–H and O–H groups in total. The third kappa shape index (κ3) is 2.22. The summed E-state index contributed by atoms with van der Waals surface area (Å²) in [4.78, 5) is 24.1. The Morgan fingerprint density at radius 2 is 2.00 bits per heavy atom. The molecule has 0 bridgehead atoms. The number of benzene rings is 1. The first-order valence-electron chi connectivity index (χ1n) is 5.15. The highest BCUT2D eigenvalue weighted by Gasteiger charge is 2.32. The average Bonchev–Trinajstić information content (AvgIpc) is 2.29. The zero-order valence-electron chi connectivity index (χ0n) is 9.34. The van der Waals surface area contributed by atoms with Gasteiger partial charge in [-0.3, -0.25) is 14.5 Å². The Morgan fingerprint density at radius 3 is 2.67 bits per heavy atom. The molecule has 1 aliphatic heterocycles. The van der Waals surface area contributed by atoms with Crippen LogP contribution in [0.4, 0.5) is 14.5 Å². The first kappa shape index (κ1) is 12.9. The van der Waals surface area contributed by atoms with Crippen LogP contribution in [0.1, 0.15) is 6.92 Å². The van der Waals surface area contributed by atoms with Crippen LogP contribution in [0, 0.1) is 11.6 Å². The fraction of sp³-hybridized carbons (Fsp3) is 0.273. The molecule has 0 radical (unpaired) electrons. The van der Waals surface area contributed by atoms with E-state index in [2.05, 4.69) is 21.2 Å². The maximum atomic E-state index is 13.7. The van der Waals surface area contributed by atoms with Gasteiger partial charge in [-0.2, -0.15) is 0 Å². The molecule has 1 aliphatic rings. The predicted octanol–water partition coefficient (Wildman–Crippen LogP) is 1.58.